The Morgan fingerprint density at radius 2 is 2.14 bits per heavy atom. The van der Waals surface area contributed by atoms with Gasteiger partial charge in [0.25, 0.3) is 5.69 Å². The molecular formula is C12H13FN2O5S. The number of benzene rings is 1. The molecule has 0 fully saturated rings. The first-order valence-corrected chi connectivity index (χ1v) is 7.67. The summed E-state index contributed by atoms with van der Waals surface area (Å²) in [5.74, 6) is -1.76. The van der Waals surface area contributed by atoms with Gasteiger partial charge in [0.15, 0.2) is 14.9 Å². The van der Waals surface area contributed by atoms with Crippen molar-refractivity contribution in [3.63, 3.8) is 0 Å². The number of halogens is 1. The summed E-state index contributed by atoms with van der Waals surface area (Å²) in [4.78, 5) is 15.0. The van der Waals surface area contributed by atoms with Crippen molar-refractivity contribution in [2.24, 2.45) is 5.16 Å². The van der Waals surface area contributed by atoms with Crippen molar-refractivity contribution >= 4 is 20.6 Å². The molecule has 7 nitrogen and oxygen atoms in total. The van der Waals surface area contributed by atoms with Crippen LogP contribution in [0, 0.1) is 15.9 Å². The Bertz CT molecular complexity index is 727. The maximum Gasteiger partial charge on any atom is 0.276 e. The average molecular weight is 316 g/mol. The second-order valence-corrected chi connectivity index (χ2v) is 7.26. The van der Waals surface area contributed by atoms with Crippen LogP contribution in [0.1, 0.15) is 25.8 Å². The van der Waals surface area contributed by atoms with Crippen molar-refractivity contribution in [3.05, 3.63) is 39.7 Å². The minimum absolute atomic E-state index is 0.0393. The zero-order valence-corrected chi connectivity index (χ0v) is 12.2. The van der Waals surface area contributed by atoms with Crippen molar-refractivity contribution in [2.75, 3.05) is 0 Å². The topological polar surface area (TPSA) is 98.9 Å². The molecule has 0 atom stereocenters. The number of nitro benzene ring substituents is 1. The van der Waals surface area contributed by atoms with E-state index >= 15 is 0 Å². The molecular weight excluding hydrogens is 303 g/mol. The molecule has 114 valence electrons. The summed E-state index contributed by atoms with van der Waals surface area (Å²) in [6.45, 7) is 3.31. The van der Waals surface area contributed by atoms with E-state index in [1.165, 1.54) is 0 Å². The molecule has 1 aromatic rings. The molecule has 2 rings (SSSR count). The monoisotopic (exact) mass is 316 g/mol. The van der Waals surface area contributed by atoms with E-state index in [0.29, 0.717) is 0 Å². The Labute approximate surface area is 120 Å². The third-order valence-electron chi connectivity index (χ3n) is 2.96. The lowest BCUT2D eigenvalue weighted by molar-refractivity contribution is -0.385. The number of sulfone groups is 1. The fourth-order valence-corrected chi connectivity index (χ4v) is 3.46. The molecule has 0 spiro atoms. The van der Waals surface area contributed by atoms with Gasteiger partial charge in [0.1, 0.15) is 11.4 Å². The molecule has 0 amide bonds. The van der Waals surface area contributed by atoms with Crippen molar-refractivity contribution in [1.29, 1.82) is 0 Å². The molecule has 0 aliphatic carbocycles. The van der Waals surface area contributed by atoms with E-state index in [2.05, 4.69) is 5.16 Å². The average Bonchev–Trinajstić information content (AvgIpc) is 2.72. The van der Waals surface area contributed by atoms with E-state index in [-0.39, 0.29) is 11.5 Å². The van der Waals surface area contributed by atoms with E-state index in [1.54, 1.807) is 13.8 Å². The minimum atomic E-state index is -3.98. The van der Waals surface area contributed by atoms with Crippen LogP contribution >= 0.6 is 0 Å². The second kappa shape index (κ2) is 5.06. The quantitative estimate of drug-likeness (QED) is 0.628. The molecule has 0 bridgehead atoms. The third kappa shape index (κ3) is 3.18. The Hall–Kier alpha value is -2.03. The maximum atomic E-state index is 13.7. The molecule has 0 radical (unpaired) electrons. The molecule has 9 heteroatoms. The Morgan fingerprint density at radius 3 is 2.67 bits per heavy atom. The first-order valence-electron chi connectivity index (χ1n) is 6.02. The standard InChI is InChI=1S/C12H13FN2O5S/c1-12(2)6-11(14-20-12)21(18,19)7-8-9(13)4-3-5-10(8)15(16)17/h3-5H,6-7H2,1-2H3. The predicted molar refractivity (Wildman–Crippen MR) is 72.9 cm³/mol. The molecule has 0 unspecified atom stereocenters. The van der Waals surface area contributed by atoms with Gasteiger partial charge in [-0.05, 0) is 19.9 Å². The lowest BCUT2D eigenvalue weighted by atomic mass is 10.1. The van der Waals surface area contributed by atoms with Crippen LogP contribution in [0.5, 0.6) is 0 Å². The predicted octanol–water partition coefficient (Wildman–Crippen LogP) is 2.16. The summed E-state index contributed by atoms with van der Waals surface area (Å²) in [5.41, 5.74) is -1.81. The normalized spacial score (nSPS) is 17.2. The van der Waals surface area contributed by atoms with Gasteiger partial charge in [0.05, 0.1) is 16.2 Å². The second-order valence-electron chi connectivity index (χ2n) is 5.27. The van der Waals surface area contributed by atoms with E-state index in [1.807, 2.05) is 0 Å². The SMILES string of the molecule is CC1(C)CC(S(=O)(=O)Cc2c(F)cccc2[N+](=O)[O-])=NO1. The van der Waals surface area contributed by atoms with Crippen molar-refractivity contribution in [2.45, 2.75) is 31.6 Å². The first kappa shape index (κ1) is 15.4. The largest absolute Gasteiger partial charge is 0.389 e. The van der Waals surface area contributed by atoms with Crippen LogP contribution in [0.15, 0.2) is 23.4 Å². The molecule has 0 saturated heterocycles. The van der Waals surface area contributed by atoms with Crippen LogP contribution in [-0.2, 0) is 20.4 Å². The lowest BCUT2D eigenvalue weighted by Gasteiger charge is -2.13. The van der Waals surface area contributed by atoms with Gasteiger partial charge in [0, 0.05) is 12.5 Å². The van der Waals surface area contributed by atoms with Gasteiger partial charge >= 0.3 is 0 Å². The summed E-state index contributed by atoms with van der Waals surface area (Å²) in [7, 11) is -3.98. The summed E-state index contributed by atoms with van der Waals surface area (Å²) in [6, 6.07) is 3.20. The van der Waals surface area contributed by atoms with Crippen LogP contribution in [0.3, 0.4) is 0 Å². The molecule has 1 aliphatic rings. The summed E-state index contributed by atoms with van der Waals surface area (Å²) in [5, 5.41) is 14.1. The number of nitro groups is 1. The highest BCUT2D eigenvalue weighted by molar-refractivity contribution is 8.05. The van der Waals surface area contributed by atoms with Gasteiger partial charge in [-0.1, -0.05) is 11.2 Å². The lowest BCUT2D eigenvalue weighted by Crippen LogP contribution is -2.23. The number of nitrogens with zero attached hydrogens (tertiary/aromatic N) is 2. The zero-order chi connectivity index (χ0) is 15.8. The highest BCUT2D eigenvalue weighted by Crippen LogP contribution is 2.29. The zero-order valence-electron chi connectivity index (χ0n) is 11.4. The van der Waals surface area contributed by atoms with Crippen molar-refractivity contribution in [3.8, 4) is 0 Å². The Morgan fingerprint density at radius 1 is 1.48 bits per heavy atom. The minimum Gasteiger partial charge on any atom is -0.389 e. The van der Waals surface area contributed by atoms with Gasteiger partial charge in [-0.15, -0.1) is 0 Å². The molecule has 0 N–H and O–H groups in total. The highest BCUT2D eigenvalue weighted by atomic mass is 32.2. The van der Waals surface area contributed by atoms with Gasteiger partial charge in [0.2, 0.25) is 0 Å². The van der Waals surface area contributed by atoms with Crippen LogP contribution in [0.25, 0.3) is 0 Å². The molecule has 0 aromatic heterocycles. The summed E-state index contributed by atoms with van der Waals surface area (Å²) in [6.07, 6.45) is 0.0393. The molecule has 1 aliphatic heterocycles. The van der Waals surface area contributed by atoms with Crippen LogP contribution in [0.2, 0.25) is 0 Å². The van der Waals surface area contributed by atoms with Gasteiger partial charge in [-0.3, -0.25) is 10.1 Å². The smallest absolute Gasteiger partial charge is 0.276 e. The van der Waals surface area contributed by atoms with Gasteiger partial charge in [-0.2, -0.15) is 0 Å². The fraction of sp³-hybridized carbons (Fsp3) is 0.417. The Balaban J connectivity index is 2.37. The van der Waals surface area contributed by atoms with E-state index in [4.69, 9.17) is 4.84 Å². The molecule has 1 heterocycles. The molecule has 0 saturated carbocycles. The van der Waals surface area contributed by atoms with Crippen LogP contribution in [-0.4, -0.2) is 24.0 Å². The number of oxime groups is 1. The van der Waals surface area contributed by atoms with Crippen LogP contribution in [0.4, 0.5) is 10.1 Å². The van der Waals surface area contributed by atoms with E-state index in [0.717, 1.165) is 18.2 Å². The fourth-order valence-electron chi connectivity index (χ4n) is 1.90. The number of hydrogen-bond donors (Lipinski definition) is 0. The van der Waals surface area contributed by atoms with E-state index < -0.39 is 43.2 Å². The molecule has 21 heavy (non-hydrogen) atoms. The first-order chi connectivity index (χ1) is 9.62. The van der Waals surface area contributed by atoms with Crippen molar-refractivity contribution < 1.29 is 22.6 Å². The maximum absolute atomic E-state index is 13.7. The molecule has 1 aromatic carbocycles. The summed E-state index contributed by atoms with van der Waals surface area (Å²) >= 11 is 0. The highest BCUT2D eigenvalue weighted by Gasteiger charge is 2.37. The number of hydrogen-bond acceptors (Lipinski definition) is 6. The van der Waals surface area contributed by atoms with Gasteiger partial charge < -0.3 is 4.84 Å². The number of rotatable bonds is 3. The van der Waals surface area contributed by atoms with Gasteiger partial charge in [-0.25, -0.2) is 12.8 Å². The van der Waals surface area contributed by atoms with Crippen LogP contribution < -0.4 is 0 Å². The third-order valence-corrected chi connectivity index (χ3v) is 4.56. The van der Waals surface area contributed by atoms with E-state index in [9.17, 15) is 22.9 Å². The Kier molecular flexibility index (Phi) is 3.70. The summed E-state index contributed by atoms with van der Waals surface area (Å²) < 4.78 is 38.2. The van der Waals surface area contributed by atoms with Crippen molar-refractivity contribution in [1.82, 2.24) is 0 Å².